The van der Waals surface area contributed by atoms with Crippen LogP contribution >= 0.6 is 12.4 Å². The molecule has 0 bridgehead atoms. The lowest BCUT2D eigenvalue weighted by molar-refractivity contribution is -0.119. The maximum atomic E-state index is 10.2. The predicted molar refractivity (Wildman–Crippen MR) is 39.3 cm³/mol. The molecule has 1 atom stereocenters. The van der Waals surface area contributed by atoms with E-state index in [-0.39, 0.29) is 12.4 Å². The molecule has 0 aromatic heterocycles. The van der Waals surface area contributed by atoms with E-state index in [0.29, 0.717) is 6.42 Å². The fraction of sp³-hybridized carbons (Fsp3) is 0.800. The van der Waals surface area contributed by atoms with Crippen LogP contribution in [0.15, 0.2) is 0 Å². The molecule has 3 nitrogen and oxygen atoms in total. The van der Waals surface area contributed by atoms with Gasteiger partial charge < -0.3 is 11.5 Å². The number of hydrogen-bond donors (Lipinski definition) is 2. The Hall–Kier alpha value is -0.280. The van der Waals surface area contributed by atoms with Crippen molar-refractivity contribution in [2.45, 2.75) is 25.8 Å². The molecular formula is C5H13ClN2O. The quantitative estimate of drug-likeness (QED) is 0.599. The van der Waals surface area contributed by atoms with Crippen molar-refractivity contribution >= 4 is 18.3 Å². The van der Waals surface area contributed by atoms with Crippen LogP contribution in [-0.2, 0) is 4.79 Å². The van der Waals surface area contributed by atoms with Crippen LogP contribution in [0, 0.1) is 0 Å². The van der Waals surface area contributed by atoms with Gasteiger partial charge >= 0.3 is 0 Å². The van der Waals surface area contributed by atoms with Gasteiger partial charge in [-0.15, -0.1) is 12.4 Å². The Morgan fingerprint density at radius 2 is 2.11 bits per heavy atom. The van der Waals surface area contributed by atoms with Gasteiger partial charge in [-0.1, -0.05) is 13.3 Å². The summed E-state index contributed by atoms with van der Waals surface area (Å²) in [4.78, 5) is 10.2. The van der Waals surface area contributed by atoms with Crippen LogP contribution in [0.3, 0.4) is 0 Å². The number of rotatable bonds is 3. The average molecular weight is 153 g/mol. The molecule has 56 valence electrons. The van der Waals surface area contributed by atoms with Crippen molar-refractivity contribution in [1.82, 2.24) is 0 Å². The molecule has 9 heavy (non-hydrogen) atoms. The Kier molecular flexibility index (Phi) is 7.48. The van der Waals surface area contributed by atoms with Gasteiger partial charge in [0.05, 0.1) is 6.04 Å². The summed E-state index contributed by atoms with van der Waals surface area (Å²) in [7, 11) is 0. The van der Waals surface area contributed by atoms with E-state index >= 15 is 0 Å². The van der Waals surface area contributed by atoms with E-state index in [4.69, 9.17) is 11.5 Å². The van der Waals surface area contributed by atoms with Crippen molar-refractivity contribution < 1.29 is 4.79 Å². The summed E-state index contributed by atoms with van der Waals surface area (Å²) >= 11 is 0. The van der Waals surface area contributed by atoms with Crippen molar-refractivity contribution in [3.05, 3.63) is 0 Å². The molecule has 0 saturated heterocycles. The van der Waals surface area contributed by atoms with Crippen LogP contribution in [0.1, 0.15) is 19.8 Å². The van der Waals surface area contributed by atoms with E-state index in [9.17, 15) is 4.79 Å². The number of amides is 1. The van der Waals surface area contributed by atoms with E-state index in [1.54, 1.807) is 0 Å². The molecule has 1 amide bonds. The summed E-state index contributed by atoms with van der Waals surface area (Å²) in [6.07, 6.45) is 1.60. The van der Waals surface area contributed by atoms with Gasteiger partial charge in [-0.2, -0.15) is 0 Å². The average Bonchev–Trinajstić information content (AvgIpc) is 1.67. The molecule has 0 aromatic rings. The van der Waals surface area contributed by atoms with Gasteiger partial charge in [0.2, 0.25) is 5.91 Å². The molecule has 0 spiro atoms. The fourth-order valence-electron chi connectivity index (χ4n) is 0.453. The van der Waals surface area contributed by atoms with Gasteiger partial charge in [-0.25, -0.2) is 0 Å². The Balaban J connectivity index is 0. The van der Waals surface area contributed by atoms with Crippen LogP contribution in [0.5, 0.6) is 0 Å². The third-order valence-electron chi connectivity index (χ3n) is 0.965. The molecule has 0 radical (unpaired) electrons. The van der Waals surface area contributed by atoms with Crippen LogP contribution in [0.25, 0.3) is 0 Å². The molecule has 0 aliphatic rings. The molecule has 4 heteroatoms. The Morgan fingerprint density at radius 3 is 2.22 bits per heavy atom. The standard InChI is InChI=1S/C5H12N2O.ClH/c1-2-3-4(6)5(7)8;/h4H,2-3,6H2,1H3,(H2,7,8);1H/t4-;/m0./s1. The molecular weight excluding hydrogens is 140 g/mol. The van der Waals surface area contributed by atoms with E-state index in [1.807, 2.05) is 6.92 Å². The predicted octanol–water partition coefficient (Wildman–Crippen LogP) is 0.0209. The summed E-state index contributed by atoms with van der Waals surface area (Å²) in [6.45, 7) is 1.96. The third kappa shape index (κ3) is 5.59. The molecule has 0 aliphatic heterocycles. The zero-order valence-corrected chi connectivity index (χ0v) is 6.28. The highest BCUT2D eigenvalue weighted by Crippen LogP contribution is 1.89. The second-order valence-electron chi connectivity index (χ2n) is 1.80. The lowest BCUT2D eigenvalue weighted by Crippen LogP contribution is -2.35. The first-order valence-corrected chi connectivity index (χ1v) is 2.73. The Labute approximate surface area is 61.2 Å². The monoisotopic (exact) mass is 152 g/mol. The minimum Gasteiger partial charge on any atom is -0.368 e. The van der Waals surface area contributed by atoms with E-state index < -0.39 is 11.9 Å². The highest BCUT2D eigenvalue weighted by Gasteiger charge is 2.05. The van der Waals surface area contributed by atoms with Gasteiger partial charge in [-0.3, -0.25) is 4.79 Å². The first-order valence-electron chi connectivity index (χ1n) is 2.73. The molecule has 0 rings (SSSR count). The third-order valence-corrected chi connectivity index (χ3v) is 0.965. The number of primary amides is 1. The molecule has 0 aromatic carbocycles. The van der Waals surface area contributed by atoms with Crippen molar-refractivity contribution in [2.75, 3.05) is 0 Å². The lowest BCUT2D eigenvalue weighted by Gasteiger charge is -2.01. The Morgan fingerprint density at radius 1 is 1.67 bits per heavy atom. The second-order valence-corrected chi connectivity index (χ2v) is 1.80. The first kappa shape index (κ1) is 11.5. The number of carbonyl (C=O) groups is 1. The normalized spacial score (nSPS) is 11.8. The van der Waals surface area contributed by atoms with Crippen molar-refractivity contribution in [2.24, 2.45) is 11.5 Å². The smallest absolute Gasteiger partial charge is 0.234 e. The van der Waals surface area contributed by atoms with E-state index in [1.165, 1.54) is 0 Å². The van der Waals surface area contributed by atoms with E-state index in [2.05, 4.69) is 0 Å². The maximum Gasteiger partial charge on any atom is 0.234 e. The van der Waals surface area contributed by atoms with Gasteiger partial charge in [0.15, 0.2) is 0 Å². The summed E-state index contributed by atoms with van der Waals surface area (Å²) in [5.74, 6) is -0.410. The van der Waals surface area contributed by atoms with Crippen LogP contribution < -0.4 is 11.5 Å². The molecule has 4 N–H and O–H groups in total. The van der Waals surface area contributed by atoms with Crippen LogP contribution in [0.2, 0.25) is 0 Å². The number of carbonyl (C=O) groups excluding carboxylic acids is 1. The topological polar surface area (TPSA) is 69.1 Å². The SMILES string of the molecule is CCC[C@H](N)C(N)=O.Cl. The summed E-state index contributed by atoms with van der Waals surface area (Å²) in [6, 6.07) is -0.444. The minimum absolute atomic E-state index is 0. The highest BCUT2D eigenvalue weighted by molar-refractivity contribution is 5.85. The lowest BCUT2D eigenvalue weighted by atomic mass is 10.2. The van der Waals surface area contributed by atoms with Crippen molar-refractivity contribution in [3.8, 4) is 0 Å². The van der Waals surface area contributed by atoms with Crippen molar-refractivity contribution in [1.29, 1.82) is 0 Å². The molecule has 0 aliphatic carbocycles. The largest absolute Gasteiger partial charge is 0.368 e. The number of hydrogen-bond acceptors (Lipinski definition) is 2. The minimum atomic E-state index is -0.444. The number of nitrogens with two attached hydrogens (primary N) is 2. The van der Waals surface area contributed by atoms with Crippen molar-refractivity contribution in [3.63, 3.8) is 0 Å². The fourth-order valence-corrected chi connectivity index (χ4v) is 0.453. The summed E-state index contributed by atoms with van der Waals surface area (Å²) in [5.41, 5.74) is 10.1. The number of halogens is 1. The Bertz CT molecular complexity index is 87.0. The van der Waals surface area contributed by atoms with Gasteiger partial charge in [-0.05, 0) is 6.42 Å². The second kappa shape index (κ2) is 5.85. The maximum absolute atomic E-state index is 10.2. The molecule has 0 saturated carbocycles. The first-order chi connectivity index (χ1) is 3.68. The molecule has 0 unspecified atom stereocenters. The van der Waals surface area contributed by atoms with Gasteiger partial charge in [0.25, 0.3) is 0 Å². The highest BCUT2D eigenvalue weighted by atomic mass is 35.5. The summed E-state index contributed by atoms with van der Waals surface area (Å²) in [5, 5.41) is 0. The molecule has 0 heterocycles. The van der Waals surface area contributed by atoms with Gasteiger partial charge in [0.1, 0.15) is 0 Å². The van der Waals surface area contributed by atoms with E-state index in [0.717, 1.165) is 6.42 Å². The van der Waals surface area contributed by atoms with Crippen LogP contribution in [0.4, 0.5) is 0 Å². The molecule has 0 fully saturated rings. The van der Waals surface area contributed by atoms with Crippen LogP contribution in [-0.4, -0.2) is 11.9 Å². The van der Waals surface area contributed by atoms with Gasteiger partial charge in [0, 0.05) is 0 Å². The summed E-state index contributed by atoms with van der Waals surface area (Å²) < 4.78 is 0. The zero-order chi connectivity index (χ0) is 6.57. The zero-order valence-electron chi connectivity index (χ0n) is 5.46.